The molecule has 1 heterocycles. The van der Waals surface area contributed by atoms with E-state index >= 15 is 0 Å². The van der Waals surface area contributed by atoms with Gasteiger partial charge in [-0.25, -0.2) is 4.39 Å². The molecule has 1 fully saturated rings. The molecule has 0 aliphatic heterocycles. The standard InChI is InChI=1S/C21H20FN/c22-17-11-12-20-19(13-17)18(15-7-3-1-4-8-15)14-21(23-20)16-9-5-2-6-10-16/h1,3-4,7-8,11-14,16H,2,5-6,9-10H2. The molecule has 1 aliphatic rings. The van der Waals surface area contributed by atoms with Crippen molar-refractivity contribution in [1.82, 2.24) is 4.98 Å². The van der Waals surface area contributed by atoms with Crippen LogP contribution in [-0.2, 0) is 0 Å². The van der Waals surface area contributed by atoms with Crippen LogP contribution in [-0.4, -0.2) is 4.98 Å². The van der Waals surface area contributed by atoms with Crippen LogP contribution in [0, 0.1) is 5.82 Å². The summed E-state index contributed by atoms with van der Waals surface area (Å²) in [6.45, 7) is 0. The predicted octanol–water partition coefficient (Wildman–Crippen LogP) is 6.09. The van der Waals surface area contributed by atoms with E-state index in [2.05, 4.69) is 18.2 Å². The highest BCUT2D eigenvalue weighted by molar-refractivity contribution is 5.94. The fourth-order valence-electron chi connectivity index (χ4n) is 3.68. The fourth-order valence-corrected chi connectivity index (χ4v) is 3.68. The molecule has 0 amide bonds. The van der Waals surface area contributed by atoms with Gasteiger partial charge in [0.15, 0.2) is 0 Å². The number of rotatable bonds is 2. The van der Waals surface area contributed by atoms with Gasteiger partial charge in [-0.15, -0.1) is 0 Å². The second-order valence-electron chi connectivity index (χ2n) is 6.46. The van der Waals surface area contributed by atoms with Gasteiger partial charge in [0, 0.05) is 17.0 Å². The van der Waals surface area contributed by atoms with Crippen LogP contribution >= 0.6 is 0 Å². The molecule has 0 atom stereocenters. The summed E-state index contributed by atoms with van der Waals surface area (Å²) in [7, 11) is 0. The maximum absolute atomic E-state index is 13.8. The van der Waals surface area contributed by atoms with Crippen LogP contribution < -0.4 is 0 Å². The molecule has 4 rings (SSSR count). The van der Waals surface area contributed by atoms with Gasteiger partial charge in [-0.1, -0.05) is 49.6 Å². The summed E-state index contributed by atoms with van der Waals surface area (Å²) in [5, 5.41) is 0.899. The van der Waals surface area contributed by atoms with Gasteiger partial charge in [-0.2, -0.15) is 0 Å². The second-order valence-corrected chi connectivity index (χ2v) is 6.46. The van der Waals surface area contributed by atoms with E-state index < -0.39 is 0 Å². The second kappa shape index (κ2) is 6.11. The summed E-state index contributed by atoms with van der Waals surface area (Å²) < 4.78 is 13.8. The molecular weight excluding hydrogens is 285 g/mol. The van der Waals surface area contributed by atoms with E-state index in [1.165, 1.54) is 43.9 Å². The molecule has 0 N–H and O–H groups in total. The highest BCUT2D eigenvalue weighted by Crippen LogP contribution is 2.36. The van der Waals surface area contributed by atoms with Crippen LogP contribution in [0.3, 0.4) is 0 Å². The van der Waals surface area contributed by atoms with Crippen LogP contribution in [0.5, 0.6) is 0 Å². The van der Waals surface area contributed by atoms with Crippen molar-refractivity contribution in [2.75, 3.05) is 0 Å². The lowest BCUT2D eigenvalue weighted by Crippen LogP contribution is -2.07. The molecule has 1 aliphatic carbocycles. The van der Waals surface area contributed by atoms with Crippen LogP contribution in [0.4, 0.5) is 4.39 Å². The lowest BCUT2D eigenvalue weighted by molar-refractivity contribution is 0.437. The molecule has 0 unspecified atom stereocenters. The van der Waals surface area contributed by atoms with Crippen molar-refractivity contribution in [1.29, 1.82) is 0 Å². The first kappa shape index (κ1) is 14.4. The summed E-state index contributed by atoms with van der Waals surface area (Å²) in [4.78, 5) is 4.86. The molecular formula is C21H20FN. The van der Waals surface area contributed by atoms with E-state index in [9.17, 15) is 4.39 Å². The maximum atomic E-state index is 13.8. The van der Waals surface area contributed by atoms with Gasteiger partial charge in [-0.05, 0) is 48.2 Å². The fraction of sp³-hybridized carbons (Fsp3) is 0.286. The van der Waals surface area contributed by atoms with E-state index in [4.69, 9.17) is 4.98 Å². The third kappa shape index (κ3) is 2.86. The Morgan fingerprint density at radius 3 is 2.43 bits per heavy atom. The first-order valence-corrected chi connectivity index (χ1v) is 8.47. The summed E-state index contributed by atoms with van der Waals surface area (Å²) in [5.74, 6) is 0.336. The number of hydrogen-bond acceptors (Lipinski definition) is 1. The van der Waals surface area contributed by atoms with Crippen LogP contribution in [0.15, 0.2) is 54.6 Å². The topological polar surface area (TPSA) is 12.9 Å². The number of hydrogen-bond donors (Lipinski definition) is 0. The maximum Gasteiger partial charge on any atom is 0.123 e. The number of halogens is 1. The number of pyridine rings is 1. The lowest BCUT2D eigenvalue weighted by atomic mass is 9.85. The minimum absolute atomic E-state index is 0.207. The normalized spacial score (nSPS) is 15.9. The molecule has 1 aromatic heterocycles. The predicted molar refractivity (Wildman–Crippen MR) is 93.0 cm³/mol. The Kier molecular flexibility index (Phi) is 3.82. The zero-order valence-electron chi connectivity index (χ0n) is 13.1. The van der Waals surface area contributed by atoms with Crippen LogP contribution in [0.1, 0.15) is 43.7 Å². The van der Waals surface area contributed by atoms with Crippen molar-refractivity contribution in [2.24, 2.45) is 0 Å². The first-order valence-electron chi connectivity index (χ1n) is 8.47. The van der Waals surface area contributed by atoms with E-state index in [0.717, 1.165) is 22.0 Å². The van der Waals surface area contributed by atoms with Gasteiger partial charge >= 0.3 is 0 Å². The Labute approximate surface area is 136 Å². The molecule has 2 heteroatoms. The summed E-state index contributed by atoms with van der Waals surface area (Å²) in [6.07, 6.45) is 6.34. The van der Waals surface area contributed by atoms with Crippen LogP contribution in [0.2, 0.25) is 0 Å². The third-order valence-electron chi connectivity index (χ3n) is 4.90. The molecule has 2 aromatic carbocycles. The third-order valence-corrected chi connectivity index (χ3v) is 4.90. The Bertz CT molecular complexity index is 820. The van der Waals surface area contributed by atoms with E-state index in [1.54, 1.807) is 6.07 Å². The van der Waals surface area contributed by atoms with Gasteiger partial charge in [0.25, 0.3) is 0 Å². The largest absolute Gasteiger partial charge is 0.253 e. The van der Waals surface area contributed by atoms with Gasteiger partial charge in [0.1, 0.15) is 5.82 Å². The molecule has 0 saturated heterocycles. The monoisotopic (exact) mass is 305 g/mol. The van der Waals surface area contributed by atoms with Gasteiger partial charge < -0.3 is 0 Å². The zero-order valence-corrected chi connectivity index (χ0v) is 13.1. The van der Waals surface area contributed by atoms with E-state index in [1.807, 2.05) is 24.3 Å². The molecule has 0 bridgehead atoms. The first-order chi connectivity index (χ1) is 11.3. The van der Waals surface area contributed by atoms with Gasteiger partial charge in [0.2, 0.25) is 0 Å². The minimum Gasteiger partial charge on any atom is -0.253 e. The van der Waals surface area contributed by atoms with Crippen LogP contribution in [0.25, 0.3) is 22.0 Å². The Morgan fingerprint density at radius 2 is 1.65 bits per heavy atom. The number of aromatic nitrogens is 1. The Morgan fingerprint density at radius 1 is 0.870 bits per heavy atom. The number of fused-ring (bicyclic) bond motifs is 1. The summed E-state index contributed by atoms with van der Waals surface area (Å²) in [5.41, 5.74) is 4.29. The molecule has 0 spiro atoms. The lowest BCUT2D eigenvalue weighted by Gasteiger charge is -2.22. The highest BCUT2D eigenvalue weighted by Gasteiger charge is 2.19. The van der Waals surface area contributed by atoms with Crippen molar-refractivity contribution < 1.29 is 4.39 Å². The smallest absolute Gasteiger partial charge is 0.123 e. The summed E-state index contributed by atoms with van der Waals surface area (Å²) >= 11 is 0. The van der Waals surface area contributed by atoms with Gasteiger partial charge in [-0.3, -0.25) is 4.98 Å². The molecule has 0 radical (unpaired) electrons. The molecule has 23 heavy (non-hydrogen) atoms. The molecule has 1 saturated carbocycles. The average Bonchev–Trinajstić information content (AvgIpc) is 2.62. The SMILES string of the molecule is Fc1ccc2nc(C3CCCCC3)cc(-c3ccccc3)c2c1. The van der Waals surface area contributed by atoms with E-state index in [-0.39, 0.29) is 5.82 Å². The Balaban J connectivity index is 1.91. The quantitative estimate of drug-likeness (QED) is 0.558. The molecule has 3 aromatic rings. The van der Waals surface area contributed by atoms with Crippen molar-refractivity contribution >= 4 is 10.9 Å². The molecule has 116 valence electrons. The van der Waals surface area contributed by atoms with Crippen molar-refractivity contribution in [3.05, 3.63) is 66.1 Å². The summed E-state index contributed by atoms with van der Waals surface area (Å²) in [6, 6.07) is 17.4. The molecule has 1 nitrogen and oxygen atoms in total. The zero-order chi connectivity index (χ0) is 15.6. The van der Waals surface area contributed by atoms with E-state index in [0.29, 0.717) is 5.92 Å². The average molecular weight is 305 g/mol. The van der Waals surface area contributed by atoms with Crippen molar-refractivity contribution in [2.45, 2.75) is 38.0 Å². The van der Waals surface area contributed by atoms with Gasteiger partial charge in [0.05, 0.1) is 5.52 Å². The highest BCUT2D eigenvalue weighted by atomic mass is 19.1. The number of nitrogens with zero attached hydrogens (tertiary/aromatic N) is 1. The van der Waals surface area contributed by atoms with Crippen molar-refractivity contribution in [3.63, 3.8) is 0 Å². The number of benzene rings is 2. The van der Waals surface area contributed by atoms with Crippen molar-refractivity contribution in [3.8, 4) is 11.1 Å². The minimum atomic E-state index is -0.207. The Hall–Kier alpha value is -2.22.